The number of benzene rings is 2. The lowest BCUT2D eigenvalue weighted by Crippen LogP contribution is -1.86. The molecule has 1 radical (unpaired) electrons. The summed E-state index contributed by atoms with van der Waals surface area (Å²) in [4.78, 5) is 0. The quantitative estimate of drug-likeness (QED) is 0.680. The van der Waals surface area contributed by atoms with E-state index in [0.29, 0.717) is 5.69 Å². The molecule has 0 aliphatic carbocycles. The third kappa shape index (κ3) is 1.18. The van der Waals surface area contributed by atoms with Gasteiger partial charge in [-0.15, -0.1) is 0 Å². The molecule has 12 heavy (non-hydrogen) atoms. The highest BCUT2D eigenvalue weighted by Crippen LogP contribution is 2.24. The highest BCUT2D eigenvalue weighted by Gasteiger charge is 1.98. The number of halogens is 1. The fraction of sp³-hybridized carbons (Fsp3) is 0. The molecule has 0 bridgehead atoms. The van der Waals surface area contributed by atoms with E-state index in [-0.39, 0.29) is 0 Å². The molecule has 59 valence electrons. The molecular formula is C10H7BrN. The van der Waals surface area contributed by atoms with Crippen molar-refractivity contribution in [2.75, 3.05) is 5.73 Å². The molecule has 2 rings (SSSR count). The second-order valence-corrected chi connectivity index (χ2v) is 3.47. The monoisotopic (exact) mass is 220 g/mol. The van der Waals surface area contributed by atoms with Crippen LogP contribution in [0.4, 0.5) is 5.69 Å². The molecule has 2 aromatic rings. The van der Waals surface area contributed by atoms with Gasteiger partial charge in [-0.2, -0.15) is 0 Å². The fourth-order valence-electron chi connectivity index (χ4n) is 1.24. The van der Waals surface area contributed by atoms with Gasteiger partial charge in [0, 0.05) is 21.6 Å². The summed E-state index contributed by atoms with van der Waals surface area (Å²) >= 11 is 3.35. The Kier molecular flexibility index (Phi) is 1.77. The van der Waals surface area contributed by atoms with Gasteiger partial charge >= 0.3 is 0 Å². The van der Waals surface area contributed by atoms with E-state index in [0.717, 1.165) is 15.2 Å². The second kappa shape index (κ2) is 2.79. The van der Waals surface area contributed by atoms with Crippen molar-refractivity contribution < 1.29 is 0 Å². The Labute approximate surface area is 79.3 Å². The molecule has 2 N–H and O–H groups in total. The average molecular weight is 221 g/mol. The highest BCUT2D eigenvalue weighted by atomic mass is 79.9. The predicted octanol–water partition coefficient (Wildman–Crippen LogP) is 2.98. The van der Waals surface area contributed by atoms with E-state index in [1.807, 2.05) is 30.3 Å². The molecule has 0 aliphatic heterocycles. The minimum absolute atomic E-state index is 0.694. The average Bonchev–Trinajstić information content (AvgIpc) is 2.04. The van der Waals surface area contributed by atoms with Crippen LogP contribution in [0.25, 0.3) is 10.8 Å². The predicted molar refractivity (Wildman–Crippen MR) is 54.9 cm³/mol. The van der Waals surface area contributed by atoms with Gasteiger partial charge in [0.2, 0.25) is 0 Å². The standard InChI is InChI=1S/C10H7BrN/c11-8-5-7-3-1-2-4-9(7)10(12)6-8/h1-5H,12H2. The van der Waals surface area contributed by atoms with E-state index >= 15 is 0 Å². The molecule has 2 aromatic carbocycles. The molecule has 0 fully saturated rings. The van der Waals surface area contributed by atoms with Crippen molar-refractivity contribution in [3.8, 4) is 0 Å². The number of anilines is 1. The lowest BCUT2D eigenvalue weighted by Gasteiger charge is -2.01. The first-order valence-corrected chi connectivity index (χ1v) is 4.43. The molecule has 2 heteroatoms. The van der Waals surface area contributed by atoms with Crippen LogP contribution in [-0.4, -0.2) is 0 Å². The first-order valence-electron chi connectivity index (χ1n) is 3.63. The van der Waals surface area contributed by atoms with Gasteiger partial charge in [0.05, 0.1) is 0 Å². The van der Waals surface area contributed by atoms with Crippen molar-refractivity contribution in [2.45, 2.75) is 0 Å². The number of nitrogen functional groups attached to an aromatic ring is 1. The lowest BCUT2D eigenvalue weighted by molar-refractivity contribution is 1.67. The molecule has 0 atom stereocenters. The van der Waals surface area contributed by atoms with E-state index < -0.39 is 0 Å². The Bertz CT molecular complexity index is 423. The molecule has 0 unspecified atom stereocenters. The van der Waals surface area contributed by atoms with Crippen LogP contribution in [-0.2, 0) is 0 Å². The maximum atomic E-state index is 5.77. The zero-order valence-corrected chi connectivity index (χ0v) is 7.93. The molecular weight excluding hydrogens is 214 g/mol. The van der Waals surface area contributed by atoms with Crippen LogP contribution >= 0.6 is 15.9 Å². The van der Waals surface area contributed by atoms with Crippen molar-refractivity contribution in [2.24, 2.45) is 0 Å². The molecule has 0 saturated heterocycles. The summed E-state index contributed by atoms with van der Waals surface area (Å²) in [5, 5.41) is 2.20. The smallest absolute Gasteiger partial charge is 0.0486 e. The van der Waals surface area contributed by atoms with E-state index in [9.17, 15) is 0 Å². The molecule has 0 spiro atoms. The van der Waals surface area contributed by atoms with Crippen LogP contribution < -0.4 is 5.73 Å². The number of hydrogen-bond donors (Lipinski definition) is 1. The van der Waals surface area contributed by atoms with E-state index in [1.54, 1.807) is 0 Å². The van der Waals surface area contributed by atoms with Gasteiger partial charge in [-0.3, -0.25) is 0 Å². The number of hydrogen-bond acceptors (Lipinski definition) is 1. The Hall–Kier alpha value is -1.02. The SMILES string of the molecule is Nc1[c]c(Br)cc2ccccc12. The van der Waals surface area contributed by atoms with Crippen molar-refractivity contribution in [1.29, 1.82) is 0 Å². The third-order valence-electron chi connectivity index (χ3n) is 1.79. The van der Waals surface area contributed by atoms with Gasteiger partial charge in [0.25, 0.3) is 0 Å². The van der Waals surface area contributed by atoms with Crippen LogP contribution in [0.3, 0.4) is 0 Å². The maximum Gasteiger partial charge on any atom is 0.0486 e. The second-order valence-electron chi connectivity index (χ2n) is 2.62. The highest BCUT2D eigenvalue weighted by molar-refractivity contribution is 9.10. The van der Waals surface area contributed by atoms with Crippen LogP contribution in [0.1, 0.15) is 0 Å². The molecule has 0 aliphatic rings. The van der Waals surface area contributed by atoms with Crippen molar-refractivity contribution >= 4 is 32.4 Å². The summed E-state index contributed by atoms with van der Waals surface area (Å²) in [5.41, 5.74) is 6.47. The summed E-state index contributed by atoms with van der Waals surface area (Å²) in [6, 6.07) is 13.0. The molecule has 0 heterocycles. The summed E-state index contributed by atoms with van der Waals surface area (Å²) in [6.07, 6.45) is 0. The Morgan fingerprint density at radius 2 is 2.00 bits per heavy atom. The third-order valence-corrected chi connectivity index (χ3v) is 2.21. The van der Waals surface area contributed by atoms with Gasteiger partial charge in [0.1, 0.15) is 0 Å². The molecule has 0 aromatic heterocycles. The van der Waals surface area contributed by atoms with Gasteiger partial charge in [-0.1, -0.05) is 40.2 Å². The normalized spacial score (nSPS) is 10.4. The summed E-state index contributed by atoms with van der Waals surface area (Å²) < 4.78 is 0.902. The van der Waals surface area contributed by atoms with Gasteiger partial charge in [-0.25, -0.2) is 0 Å². The largest absolute Gasteiger partial charge is 0.398 e. The van der Waals surface area contributed by atoms with Crippen LogP contribution in [0, 0.1) is 6.07 Å². The Balaban J connectivity index is 2.89. The molecule has 0 amide bonds. The summed E-state index contributed by atoms with van der Waals surface area (Å²) in [5.74, 6) is 0. The number of nitrogens with two attached hydrogens (primary N) is 1. The minimum Gasteiger partial charge on any atom is -0.398 e. The summed E-state index contributed by atoms with van der Waals surface area (Å²) in [7, 11) is 0. The van der Waals surface area contributed by atoms with Crippen LogP contribution in [0.2, 0.25) is 0 Å². The summed E-state index contributed by atoms with van der Waals surface area (Å²) in [6.45, 7) is 0. The van der Waals surface area contributed by atoms with E-state index in [2.05, 4.69) is 22.0 Å². The number of rotatable bonds is 0. The maximum absolute atomic E-state index is 5.77. The molecule has 0 saturated carbocycles. The molecule has 1 nitrogen and oxygen atoms in total. The number of fused-ring (bicyclic) bond motifs is 1. The zero-order chi connectivity index (χ0) is 8.55. The lowest BCUT2D eigenvalue weighted by atomic mass is 10.1. The fourth-order valence-corrected chi connectivity index (χ4v) is 1.70. The minimum atomic E-state index is 0.694. The zero-order valence-electron chi connectivity index (χ0n) is 6.34. The van der Waals surface area contributed by atoms with Crippen LogP contribution in [0.5, 0.6) is 0 Å². The van der Waals surface area contributed by atoms with Crippen LogP contribution in [0.15, 0.2) is 34.8 Å². The van der Waals surface area contributed by atoms with Crippen molar-refractivity contribution in [3.63, 3.8) is 0 Å². The Morgan fingerprint density at radius 1 is 1.25 bits per heavy atom. The van der Waals surface area contributed by atoms with Crippen molar-refractivity contribution in [3.05, 3.63) is 40.9 Å². The topological polar surface area (TPSA) is 26.0 Å². The first-order chi connectivity index (χ1) is 5.77. The first kappa shape index (κ1) is 7.62. The Morgan fingerprint density at radius 3 is 2.83 bits per heavy atom. The van der Waals surface area contributed by atoms with Gasteiger partial charge in [-0.05, 0) is 11.5 Å². The van der Waals surface area contributed by atoms with Crippen molar-refractivity contribution in [1.82, 2.24) is 0 Å². The van der Waals surface area contributed by atoms with Gasteiger partial charge in [0.15, 0.2) is 0 Å². The van der Waals surface area contributed by atoms with E-state index in [1.165, 1.54) is 0 Å². The van der Waals surface area contributed by atoms with Gasteiger partial charge < -0.3 is 5.73 Å². The van der Waals surface area contributed by atoms with E-state index in [4.69, 9.17) is 5.73 Å².